The molecule has 7 nitrogen and oxygen atoms in total. The number of fused-ring (bicyclic) bond motifs is 1. The minimum atomic E-state index is -0.742. The first-order valence-electron chi connectivity index (χ1n) is 9.53. The van der Waals surface area contributed by atoms with Crippen LogP contribution in [0.4, 0.5) is 4.39 Å². The summed E-state index contributed by atoms with van der Waals surface area (Å²) in [5.74, 6) is -0.898. The number of rotatable bonds is 5. The molecular weight excluding hydrogens is 409 g/mol. The van der Waals surface area contributed by atoms with Gasteiger partial charge in [-0.05, 0) is 55.0 Å². The summed E-state index contributed by atoms with van der Waals surface area (Å²) >= 11 is 6.08. The third-order valence-corrected chi connectivity index (χ3v) is 5.73. The predicted octanol–water partition coefficient (Wildman–Crippen LogP) is 3.00. The molecule has 9 heteroatoms. The predicted molar refractivity (Wildman–Crippen MR) is 112 cm³/mol. The molecule has 2 aliphatic carbocycles. The summed E-state index contributed by atoms with van der Waals surface area (Å²) in [6.07, 6.45) is 5.60. The van der Waals surface area contributed by atoms with Crippen LogP contribution in [0.15, 0.2) is 42.2 Å². The second kappa shape index (κ2) is 7.79. The number of hydrogen-bond acceptors (Lipinski definition) is 5. The monoisotopic (exact) mass is 429 g/mol. The van der Waals surface area contributed by atoms with Crippen LogP contribution in [0.25, 0.3) is 11.1 Å². The maximum atomic E-state index is 14.7. The van der Waals surface area contributed by atoms with E-state index in [1.165, 1.54) is 6.20 Å². The highest BCUT2D eigenvalue weighted by Gasteiger charge is 2.47. The molecule has 4 rings (SSSR count). The van der Waals surface area contributed by atoms with E-state index in [1.54, 1.807) is 12.3 Å². The lowest BCUT2D eigenvalue weighted by molar-refractivity contribution is -0.124. The van der Waals surface area contributed by atoms with E-state index < -0.39 is 11.4 Å². The fourth-order valence-electron chi connectivity index (χ4n) is 3.71. The fourth-order valence-corrected chi connectivity index (χ4v) is 3.91. The fraction of sp³-hybridized carbons (Fsp3) is 0.286. The molecule has 1 atom stereocenters. The van der Waals surface area contributed by atoms with Crippen molar-refractivity contribution in [1.82, 2.24) is 15.8 Å². The van der Waals surface area contributed by atoms with Gasteiger partial charge in [0, 0.05) is 23.0 Å². The molecule has 1 aromatic carbocycles. The third-order valence-electron chi connectivity index (χ3n) is 5.51. The molecule has 0 bridgehead atoms. The van der Waals surface area contributed by atoms with Gasteiger partial charge in [0.2, 0.25) is 5.91 Å². The summed E-state index contributed by atoms with van der Waals surface area (Å²) in [4.78, 5) is 20.7. The number of halogens is 2. The molecule has 1 fully saturated rings. The van der Waals surface area contributed by atoms with Gasteiger partial charge in [0.05, 0.1) is 22.8 Å². The van der Waals surface area contributed by atoms with Crippen molar-refractivity contribution < 1.29 is 14.4 Å². The van der Waals surface area contributed by atoms with E-state index in [9.17, 15) is 14.4 Å². The zero-order valence-electron chi connectivity index (χ0n) is 16.1. The Morgan fingerprint density at radius 2 is 2.20 bits per heavy atom. The van der Waals surface area contributed by atoms with Crippen LogP contribution in [-0.4, -0.2) is 27.5 Å². The zero-order chi connectivity index (χ0) is 21.5. The number of amides is 1. The van der Waals surface area contributed by atoms with E-state index in [1.807, 2.05) is 11.5 Å². The molecule has 2 aromatic rings. The maximum absolute atomic E-state index is 14.7. The van der Waals surface area contributed by atoms with Gasteiger partial charge >= 0.3 is 0 Å². The minimum absolute atomic E-state index is 0.0465. The van der Waals surface area contributed by atoms with Crippen LogP contribution in [0.5, 0.6) is 0 Å². The number of benzene rings is 1. The van der Waals surface area contributed by atoms with Crippen LogP contribution >= 0.6 is 11.6 Å². The number of pyridine rings is 1. The van der Waals surface area contributed by atoms with Crippen molar-refractivity contribution in [3.63, 3.8) is 0 Å². The highest BCUT2D eigenvalue weighted by molar-refractivity contribution is 6.31. The van der Waals surface area contributed by atoms with Crippen LogP contribution in [0.2, 0.25) is 5.02 Å². The van der Waals surface area contributed by atoms with Gasteiger partial charge in [-0.1, -0.05) is 18.2 Å². The summed E-state index contributed by atoms with van der Waals surface area (Å²) in [6, 6.07) is 4.42. The van der Waals surface area contributed by atoms with Crippen molar-refractivity contribution >= 4 is 23.3 Å². The minimum Gasteiger partial charge on any atom is -0.346 e. The highest BCUT2D eigenvalue weighted by atomic mass is 35.5. The molecule has 1 amide bonds. The number of nitrogens with one attached hydrogen (secondary N) is 2. The van der Waals surface area contributed by atoms with E-state index >= 15 is 0 Å². The first-order valence-corrected chi connectivity index (χ1v) is 9.91. The smallest absolute Gasteiger partial charge is 0.240 e. The number of aryl methyl sites for hydroxylation is 1. The highest BCUT2D eigenvalue weighted by Crippen LogP contribution is 2.37. The maximum Gasteiger partial charge on any atom is 0.240 e. The molecular formula is C21H21ClFN5O2. The van der Waals surface area contributed by atoms with Crippen molar-refractivity contribution in [1.29, 1.82) is 0 Å². The van der Waals surface area contributed by atoms with Crippen LogP contribution in [0.1, 0.15) is 42.1 Å². The number of nitrogens with two attached hydrogens (primary N) is 1. The normalized spacial score (nSPS) is 19.2. The summed E-state index contributed by atoms with van der Waals surface area (Å²) in [6.45, 7) is 3.48. The summed E-state index contributed by atoms with van der Waals surface area (Å²) in [5.41, 5.74) is 9.95. The lowest BCUT2D eigenvalue weighted by atomic mass is 9.98. The molecule has 30 heavy (non-hydrogen) atoms. The first-order chi connectivity index (χ1) is 14.4. The number of aromatic nitrogens is 1. The summed E-state index contributed by atoms with van der Waals surface area (Å²) in [7, 11) is 0. The Labute approximate surface area is 177 Å². The number of carbonyl (C=O) groups is 1. The molecule has 0 radical (unpaired) electrons. The number of hydroxylamine groups is 1. The van der Waals surface area contributed by atoms with Gasteiger partial charge in [-0.2, -0.15) is 0 Å². The lowest BCUT2D eigenvalue weighted by Gasteiger charge is -2.17. The Morgan fingerprint density at radius 1 is 1.43 bits per heavy atom. The average molecular weight is 430 g/mol. The van der Waals surface area contributed by atoms with Crippen molar-refractivity contribution in [2.75, 3.05) is 0 Å². The Bertz CT molecular complexity index is 1070. The SMILES string of the molecule is C=CN=C(NO)c1c(F)cc(Cl)cc1-c1cnc2c(c1)CCC2NC(=O)C1(N)CC1. The van der Waals surface area contributed by atoms with E-state index in [0.29, 0.717) is 36.8 Å². The molecule has 156 valence electrons. The van der Waals surface area contributed by atoms with Crippen molar-refractivity contribution in [3.05, 3.63) is 64.8 Å². The van der Waals surface area contributed by atoms with Gasteiger partial charge in [-0.3, -0.25) is 20.5 Å². The molecule has 1 aromatic heterocycles. The summed E-state index contributed by atoms with van der Waals surface area (Å²) < 4.78 is 14.7. The second-order valence-electron chi connectivity index (χ2n) is 7.57. The Hall–Kier alpha value is -2.81. The Morgan fingerprint density at radius 3 is 2.87 bits per heavy atom. The van der Waals surface area contributed by atoms with Crippen LogP contribution in [0, 0.1) is 5.82 Å². The third kappa shape index (κ3) is 3.69. The molecule has 1 unspecified atom stereocenters. The topological polar surface area (TPSA) is 113 Å². The van der Waals surface area contributed by atoms with Gasteiger partial charge in [0.25, 0.3) is 0 Å². The van der Waals surface area contributed by atoms with Gasteiger partial charge in [0.1, 0.15) is 5.82 Å². The number of hydrogen-bond donors (Lipinski definition) is 4. The van der Waals surface area contributed by atoms with E-state index in [0.717, 1.165) is 17.3 Å². The van der Waals surface area contributed by atoms with Crippen LogP contribution in [0.3, 0.4) is 0 Å². The number of amidine groups is 1. The Balaban J connectivity index is 1.71. The largest absolute Gasteiger partial charge is 0.346 e. The molecule has 1 saturated carbocycles. The number of aliphatic imine (C=N–C) groups is 1. The van der Waals surface area contributed by atoms with Gasteiger partial charge in [0.15, 0.2) is 5.84 Å². The zero-order valence-corrected chi connectivity index (χ0v) is 16.8. The average Bonchev–Trinajstić information content (AvgIpc) is 3.36. The molecule has 0 aliphatic heterocycles. The number of carbonyl (C=O) groups excluding carboxylic acids is 1. The van der Waals surface area contributed by atoms with Gasteiger partial charge in [-0.25, -0.2) is 9.38 Å². The summed E-state index contributed by atoms with van der Waals surface area (Å²) in [5, 5.41) is 12.6. The van der Waals surface area contributed by atoms with Crippen molar-refractivity contribution in [2.45, 2.75) is 37.3 Å². The Kier molecular flexibility index (Phi) is 5.31. The van der Waals surface area contributed by atoms with Gasteiger partial charge < -0.3 is 11.1 Å². The second-order valence-corrected chi connectivity index (χ2v) is 8.01. The van der Waals surface area contributed by atoms with Crippen molar-refractivity contribution in [2.24, 2.45) is 10.7 Å². The molecule has 0 saturated heterocycles. The van der Waals surface area contributed by atoms with E-state index in [4.69, 9.17) is 17.3 Å². The van der Waals surface area contributed by atoms with Crippen molar-refractivity contribution in [3.8, 4) is 11.1 Å². The standard InChI is InChI=1S/C21H21ClFN5O2/c1-2-25-19(28-30)17-14(8-13(22)9-15(17)23)12-7-11-3-4-16(18(11)26-10-12)27-20(29)21(24)5-6-21/h2,7-10,16,30H,1,3-6,24H2,(H,25,28)(H,27,29). The molecule has 0 spiro atoms. The van der Waals surface area contributed by atoms with Gasteiger partial charge in [-0.15, -0.1) is 0 Å². The van der Waals surface area contributed by atoms with E-state index in [2.05, 4.69) is 21.9 Å². The lowest BCUT2D eigenvalue weighted by Crippen LogP contribution is -2.43. The van der Waals surface area contributed by atoms with Crippen LogP contribution < -0.4 is 16.5 Å². The molecule has 5 N–H and O–H groups in total. The first kappa shape index (κ1) is 20.5. The quantitative estimate of drug-likeness (QED) is 0.331. The molecule has 1 heterocycles. The van der Waals surface area contributed by atoms with E-state index in [-0.39, 0.29) is 28.4 Å². The molecule has 2 aliphatic rings. The number of nitrogens with zero attached hydrogens (tertiary/aromatic N) is 2. The van der Waals surface area contributed by atoms with Crippen LogP contribution in [-0.2, 0) is 11.2 Å².